The third-order valence-electron chi connectivity index (χ3n) is 5.07. The summed E-state index contributed by atoms with van der Waals surface area (Å²) < 4.78 is 7.95. The van der Waals surface area contributed by atoms with Gasteiger partial charge in [-0.15, -0.1) is 0 Å². The van der Waals surface area contributed by atoms with E-state index < -0.39 is 0 Å². The molecular formula is C17H30N4O. The number of hydrogen-bond donors (Lipinski definition) is 0. The molecule has 0 radical (unpaired) electrons. The van der Waals surface area contributed by atoms with Crippen molar-refractivity contribution in [1.82, 2.24) is 19.6 Å². The van der Waals surface area contributed by atoms with Gasteiger partial charge in [-0.2, -0.15) is 5.10 Å². The summed E-state index contributed by atoms with van der Waals surface area (Å²) in [5, 5.41) is 4.30. The molecule has 0 bridgehead atoms. The van der Waals surface area contributed by atoms with Crippen LogP contribution in [0.3, 0.4) is 0 Å². The van der Waals surface area contributed by atoms with E-state index in [9.17, 15) is 0 Å². The molecule has 1 atom stereocenters. The second kappa shape index (κ2) is 7.11. The Hall–Kier alpha value is -0.910. The fraction of sp³-hybridized carbons (Fsp3) is 0.824. The average Bonchev–Trinajstić information content (AvgIpc) is 2.96. The van der Waals surface area contributed by atoms with Crippen molar-refractivity contribution in [3.63, 3.8) is 0 Å². The number of hydrogen-bond acceptors (Lipinski definition) is 4. The summed E-state index contributed by atoms with van der Waals surface area (Å²) in [5.41, 5.74) is 0.980. The molecule has 2 aliphatic rings. The lowest BCUT2D eigenvalue weighted by molar-refractivity contribution is -0.103. The standard InChI is InChI=1S/C17H30N4O/c1-17(16-13-18-19(2)14-16)15-21(11-12-22-17)10-6-9-20-7-4-3-5-8-20/h13-14H,3-12,15H2,1-2H3/t17-/m1/s1. The minimum absolute atomic E-state index is 0.211. The summed E-state index contributed by atoms with van der Waals surface area (Å²) in [4.78, 5) is 5.19. The molecule has 22 heavy (non-hydrogen) atoms. The normalized spacial score (nSPS) is 28.1. The Bertz CT molecular complexity index is 469. The highest BCUT2D eigenvalue weighted by Gasteiger charge is 2.34. The van der Waals surface area contributed by atoms with Gasteiger partial charge in [0.2, 0.25) is 0 Å². The Kier molecular flexibility index (Phi) is 5.16. The molecule has 124 valence electrons. The van der Waals surface area contributed by atoms with Crippen molar-refractivity contribution < 1.29 is 4.74 Å². The number of nitrogens with zero attached hydrogens (tertiary/aromatic N) is 4. The van der Waals surface area contributed by atoms with E-state index in [1.54, 1.807) is 0 Å². The molecule has 2 aliphatic heterocycles. The van der Waals surface area contributed by atoms with Crippen molar-refractivity contribution in [1.29, 1.82) is 0 Å². The molecule has 3 rings (SSSR count). The molecule has 5 nitrogen and oxygen atoms in total. The largest absolute Gasteiger partial charge is 0.368 e. The highest BCUT2D eigenvalue weighted by molar-refractivity contribution is 5.16. The first-order chi connectivity index (χ1) is 10.7. The van der Waals surface area contributed by atoms with Crippen LogP contribution in [0, 0.1) is 0 Å². The Balaban J connectivity index is 1.48. The zero-order chi connectivity index (χ0) is 15.4. The van der Waals surface area contributed by atoms with Crippen LogP contribution >= 0.6 is 0 Å². The molecule has 2 fully saturated rings. The van der Waals surface area contributed by atoms with Gasteiger partial charge in [-0.05, 0) is 52.4 Å². The molecule has 0 spiro atoms. The van der Waals surface area contributed by atoms with Gasteiger partial charge in [0.05, 0.1) is 12.8 Å². The highest BCUT2D eigenvalue weighted by Crippen LogP contribution is 2.29. The number of likely N-dealkylation sites (tertiary alicyclic amines) is 1. The smallest absolute Gasteiger partial charge is 0.106 e. The average molecular weight is 306 g/mol. The van der Waals surface area contributed by atoms with E-state index in [0.717, 1.165) is 19.7 Å². The van der Waals surface area contributed by atoms with Crippen LogP contribution in [0.15, 0.2) is 12.4 Å². The molecule has 0 aromatic carbocycles. The summed E-state index contributed by atoms with van der Waals surface area (Å²) in [6.07, 6.45) is 9.48. The van der Waals surface area contributed by atoms with Gasteiger partial charge in [0, 0.05) is 31.9 Å². The lowest BCUT2D eigenvalue weighted by Gasteiger charge is -2.40. The minimum Gasteiger partial charge on any atom is -0.368 e. The number of aryl methyl sites for hydroxylation is 1. The van der Waals surface area contributed by atoms with Crippen LogP contribution in [-0.2, 0) is 17.4 Å². The van der Waals surface area contributed by atoms with Crippen LogP contribution in [0.1, 0.15) is 38.2 Å². The van der Waals surface area contributed by atoms with Gasteiger partial charge in [0.25, 0.3) is 0 Å². The minimum atomic E-state index is -0.211. The van der Waals surface area contributed by atoms with Crippen molar-refractivity contribution in [2.75, 3.05) is 45.9 Å². The molecular weight excluding hydrogens is 276 g/mol. The molecule has 0 N–H and O–H groups in total. The monoisotopic (exact) mass is 306 g/mol. The fourth-order valence-corrected chi connectivity index (χ4v) is 3.71. The number of morpholine rings is 1. The fourth-order valence-electron chi connectivity index (χ4n) is 3.71. The first-order valence-corrected chi connectivity index (χ1v) is 8.73. The second-order valence-electron chi connectivity index (χ2n) is 7.01. The molecule has 2 saturated heterocycles. The van der Waals surface area contributed by atoms with E-state index in [1.807, 2.05) is 17.9 Å². The van der Waals surface area contributed by atoms with E-state index in [0.29, 0.717) is 0 Å². The Morgan fingerprint density at radius 1 is 1.14 bits per heavy atom. The lowest BCUT2D eigenvalue weighted by Crippen LogP contribution is -2.48. The lowest BCUT2D eigenvalue weighted by atomic mass is 9.97. The number of piperidine rings is 1. The van der Waals surface area contributed by atoms with Gasteiger partial charge in [-0.25, -0.2) is 0 Å². The van der Waals surface area contributed by atoms with Crippen LogP contribution in [0.2, 0.25) is 0 Å². The third kappa shape index (κ3) is 3.89. The second-order valence-corrected chi connectivity index (χ2v) is 7.01. The molecule has 0 saturated carbocycles. The molecule has 1 aromatic rings. The van der Waals surface area contributed by atoms with E-state index in [-0.39, 0.29) is 5.60 Å². The summed E-state index contributed by atoms with van der Waals surface area (Å²) >= 11 is 0. The Morgan fingerprint density at radius 3 is 2.64 bits per heavy atom. The van der Waals surface area contributed by atoms with Crippen LogP contribution in [0.25, 0.3) is 0 Å². The Labute approximate surface area is 134 Å². The molecule has 0 aliphatic carbocycles. The van der Waals surface area contributed by atoms with Gasteiger partial charge in [-0.3, -0.25) is 9.58 Å². The number of aromatic nitrogens is 2. The predicted octanol–water partition coefficient (Wildman–Crippen LogP) is 1.84. The summed E-state index contributed by atoms with van der Waals surface area (Å²) in [7, 11) is 1.96. The van der Waals surface area contributed by atoms with E-state index in [4.69, 9.17) is 4.74 Å². The molecule has 3 heterocycles. The maximum atomic E-state index is 6.09. The first-order valence-electron chi connectivity index (χ1n) is 8.73. The van der Waals surface area contributed by atoms with Crippen molar-refractivity contribution in [2.24, 2.45) is 7.05 Å². The summed E-state index contributed by atoms with van der Waals surface area (Å²) in [5.74, 6) is 0. The van der Waals surface area contributed by atoms with Gasteiger partial charge in [0.1, 0.15) is 5.60 Å². The zero-order valence-electron chi connectivity index (χ0n) is 14.1. The van der Waals surface area contributed by atoms with Crippen molar-refractivity contribution in [3.8, 4) is 0 Å². The summed E-state index contributed by atoms with van der Waals surface area (Å²) in [6.45, 7) is 10.1. The third-order valence-corrected chi connectivity index (χ3v) is 5.07. The van der Waals surface area contributed by atoms with Crippen LogP contribution in [0.4, 0.5) is 0 Å². The molecule has 1 aromatic heterocycles. The summed E-state index contributed by atoms with van der Waals surface area (Å²) in [6, 6.07) is 0. The molecule has 0 amide bonds. The van der Waals surface area contributed by atoms with E-state index >= 15 is 0 Å². The number of rotatable bonds is 5. The van der Waals surface area contributed by atoms with E-state index in [2.05, 4.69) is 28.0 Å². The van der Waals surface area contributed by atoms with Gasteiger partial charge >= 0.3 is 0 Å². The SMILES string of the molecule is Cn1cc([C@@]2(C)CN(CCCN3CCCCC3)CCO2)cn1. The number of ether oxygens (including phenoxy) is 1. The highest BCUT2D eigenvalue weighted by atomic mass is 16.5. The van der Waals surface area contributed by atoms with Crippen LogP contribution in [0.5, 0.6) is 0 Å². The predicted molar refractivity (Wildman–Crippen MR) is 87.9 cm³/mol. The first kappa shape index (κ1) is 16.0. The van der Waals surface area contributed by atoms with Gasteiger partial charge < -0.3 is 9.64 Å². The van der Waals surface area contributed by atoms with Crippen molar-refractivity contribution in [2.45, 2.75) is 38.2 Å². The zero-order valence-corrected chi connectivity index (χ0v) is 14.1. The van der Waals surface area contributed by atoms with Gasteiger partial charge in [0.15, 0.2) is 0 Å². The quantitative estimate of drug-likeness (QED) is 0.831. The van der Waals surface area contributed by atoms with Crippen molar-refractivity contribution >= 4 is 0 Å². The molecule has 0 unspecified atom stereocenters. The topological polar surface area (TPSA) is 33.5 Å². The maximum Gasteiger partial charge on any atom is 0.106 e. The van der Waals surface area contributed by atoms with Crippen LogP contribution < -0.4 is 0 Å². The van der Waals surface area contributed by atoms with Gasteiger partial charge in [-0.1, -0.05) is 6.42 Å². The van der Waals surface area contributed by atoms with E-state index in [1.165, 1.54) is 57.4 Å². The maximum absolute atomic E-state index is 6.09. The molecule has 5 heteroatoms. The van der Waals surface area contributed by atoms with Crippen molar-refractivity contribution in [3.05, 3.63) is 18.0 Å². The van der Waals surface area contributed by atoms with Crippen LogP contribution in [-0.4, -0.2) is 65.5 Å². The Morgan fingerprint density at radius 2 is 1.91 bits per heavy atom.